The Morgan fingerprint density at radius 1 is 0.821 bits per heavy atom. The molecule has 0 saturated carbocycles. The van der Waals surface area contributed by atoms with E-state index in [1.165, 1.54) is 12.1 Å². The van der Waals surface area contributed by atoms with Gasteiger partial charge in [-0.05, 0) is 31.7 Å². The zero-order valence-electron chi connectivity index (χ0n) is 16.8. The van der Waals surface area contributed by atoms with Gasteiger partial charge in [-0.15, -0.1) is 0 Å². The molecule has 28 heavy (non-hydrogen) atoms. The number of aromatic nitrogens is 2. The van der Waals surface area contributed by atoms with E-state index in [2.05, 4.69) is 37.7 Å². The molecule has 2 saturated heterocycles. The molecule has 2 aliphatic heterocycles. The number of hydrogen-bond donors (Lipinski definition) is 0. The Bertz CT molecular complexity index is 780. The zero-order chi connectivity index (χ0) is 19.5. The highest BCUT2D eigenvalue weighted by Crippen LogP contribution is 2.22. The summed E-state index contributed by atoms with van der Waals surface area (Å²) in [7, 11) is 2.17. The molecule has 150 valence electrons. The van der Waals surface area contributed by atoms with Crippen molar-refractivity contribution in [1.29, 1.82) is 0 Å². The molecule has 4 rings (SSSR count). The second-order valence-corrected chi connectivity index (χ2v) is 7.81. The van der Waals surface area contributed by atoms with Crippen LogP contribution in [0.3, 0.4) is 0 Å². The van der Waals surface area contributed by atoms with Crippen LogP contribution in [0, 0.1) is 12.7 Å². The maximum Gasteiger partial charge on any atom is 0.134 e. The van der Waals surface area contributed by atoms with Crippen LogP contribution in [0.2, 0.25) is 0 Å². The molecule has 2 aromatic rings. The summed E-state index contributed by atoms with van der Waals surface area (Å²) in [5.41, 5.74) is 1.16. The number of nitrogens with zero attached hydrogens (tertiary/aromatic N) is 6. The van der Waals surface area contributed by atoms with Gasteiger partial charge >= 0.3 is 0 Å². The third-order valence-corrected chi connectivity index (χ3v) is 5.65. The minimum absolute atomic E-state index is 0.177. The molecule has 0 spiro atoms. The summed E-state index contributed by atoms with van der Waals surface area (Å²) < 4.78 is 13.1. The monoisotopic (exact) mass is 384 g/mol. The number of likely N-dealkylation sites (N-methyl/N-ethyl adjacent to an activating group) is 1. The van der Waals surface area contributed by atoms with Crippen LogP contribution in [0.1, 0.15) is 11.4 Å². The molecule has 1 aromatic heterocycles. The first-order chi connectivity index (χ1) is 13.6. The van der Waals surface area contributed by atoms with Crippen molar-refractivity contribution in [2.45, 2.75) is 13.5 Å². The molecule has 0 atom stereocenters. The molecule has 0 amide bonds. The molecular formula is C21H29FN6. The van der Waals surface area contributed by atoms with Crippen molar-refractivity contribution in [3.63, 3.8) is 0 Å². The van der Waals surface area contributed by atoms with Crippen molar-refractivity contribution in [3.8, 4) is 0 Å². The summed E-state index contributed by atoms with van der Waals surface area (Å²) in [5.74, 6) is 2.73. The van der Waals surface area contributed by atoms with Gasteiger partial charge in [-0.3, -0.25) is 4.90 Å². The Morgan fingerprint density at radius 3 is 1.93 bits per heavy atom. The molecule has 0 N–H and O–H groups in total. The van der Waals surface area contributed by atoms with Crippen molar-refractivity contribution in [3.05, 3.63) is 47.5 Å². The smallest absolute Gasteiger partial charge is 0.134 e. The van der Waals surface area contributed by atoms with Crippen molar-refractivity contribution < 1.29 is 4.39 Å². The van der Waals surface area contributed by atoms with Gasteiger partial charge in [0.1, 0.15) is 23.3 Å². The van der Waals surface area contributed by atoms with Gasteiger partial charge in [0.25, 0.3) is 0 Å². The van der Waals surface area contributed by atoms with Crippen LogP contribution < -0.4 is 9.80 Å². The van der Waals surface area contributed by atoms with Crippen LogP contribution in [0.5, 0.6) is 0 Å². The van der Waals surface area contributed by atoms with Crippen LogP contribution in [-0.4, -0.2) is 79.2 Å². The fourth-order valence-corrected chi connectivity index (χ4v) is 3.88. The van der Waals surface area contributed by atoms with Gasteiger partial charge in [-0.2, -0.15) is 0 Å². The van der Waals surface area contributed by atoms with E-state index in [1.807, 2.05) is 19.1 Å². The Labute approximate surface area is 166 Å². The Kier molecular flexibility index (Phi) is 5.73. The van der Waals surface area contributed by atoms with E-state index < -0.39 is 0 Å². The predicted molar refractivity (Wildman–Crippen MR) is 110 cm³/mol. The lowest BCUT2D eigenvalue weighted by molar-refractivity contribution is 0.249. The summed E-state index contributed by atoms with van der Waals surface area (Å²) in [6.07, 6.45) is 0. The Balaban J connectivity index is 1.38. The number of hydrogen-bond acceptors (Lipinski definition) is 6. The van der Waals surface area contributed by atoms with Gasteiger partial charge in [0, 0.05) is 65.0 Å². The van der Waals surface area contributed by atoms with Crippen molar-refractivity contribution in [1.82, 2.24) is 19.8 Å². The first kappa shape index (κ1) is 19.1. The van der Waals surface area contributed by atoms with E-state index in [4.69, 9.17) is 4.98 Å². The maximum atomic E-state index is 13.1. The van der Waals surface area contributed by atoms with Crippen LogP contribution in [0.4, 0.5) is 16.0 Å². The highest BCUT2D eigenvalue weighted by Gasteiger charge is 2.21. The second kappa shape index (κ2) is 8.41. The summed E-state index contributed by atoms with van der Waals surface area (Å²) in [4.78, 5) is 18.9. The van der Waals surface area contributed by atoms with E-state index in [9.17, 15) is 4.39 Å². The van der Waals surface area contributed by atoms with Crippen LogP contribution in [-0.2, 0) is 6.54 Å². The van der Waals surface area contributed by atoms with Crippen molar-refractivity contribution in [2.75, 3.05) is 69.2 Å². The quantitative estimate of drug-likeness (QED) is 0.803. The van der Waals surface area contributed by atoms with E-state index in [0.29, 0.717) is 0 Å². The maximum absolute atomic E-state index is 13.1. The number of rotatable bonds is 4. The summed E-state index contributed by atoms with van der Waals surface area (Å²) in [5, 5.41) is 0. The average Bonchev–Trinajstić information content (AvgIpc) is 2.70. The molecule has 3 heterocycles. The van der Waals surface area contributed by atoms with Gasteiger partial charge in [-0.25, -0.2) is 14.4 Å². The number of aryl methyl sites for hydroxylation is 1. The van der Waals surface area contributed by atoms with E-state index in [-0.39, 0.29) is 5.82 Å². The summed E-state index contributed by atoms with van der Waals surface area (Å²) in [6, 6.07) is 8.97. The standard InChI is InChI=1S/C21H29FN6/c1-17-23-20(27-11-7-25(2)8-12-27)15-21(24-17)28-13-9-26(10-14-28)16-18-3-5-19(22)6-4-18/h3-6,15H,7-14,16H2,1-2H3. The molecule has 0 aliphatic carbocycles. The van der Waals surface area contributed by atoms with Crippen LogP contribution in [0.15, 0.2) is 30.3 Å². The first-order valence-corrected chi connectivity index (χ1v) is 10.1. The van der Waals surface area contributed by atoms with Gasteiger partial charge in [0.2, 0.25) is 0 Å². The number of piperazine rings is 2. The normalized spacial score (nSPS) is 19.2. The molecule has 0 radical (unpaired) electrons. The minimum Gasteiger partial charge on any atom is -0.354 e. The average molecular weight is 385 g/mol. The number of halogens is 1. The Hall–Kier alpha value is -2.25. The molecule has 1 aromatic carbocycles. The van der Waals surface area contributed by atoms with E-state index in [1.54, 1.807) is 0 Å². The van der Waals surface area contributed by atoms with Crippen molar-refractivity contribution in [2.24, 2.45) is 0 Å². The second-order valence-electron chi connectivity index (χ2n) is 7.81. The summed E-state index contributed by atoms with van der Waals surface area (Å²) in [6.45, 7) is 10.8. The number of anilines is 2. The molecule has 0 bridgehead atoms. The third-order valence-electron chi connectivity index (χ3n) is 5.65. The minimum atomic E-state index is -0.177. The van der Waals surface area contributed by atoms with Gasteiger partial charge in [0.05, 0.1) is 0 Å². The van der Waals surface area contributed by atoms with Gasteiger partial charge in [-0.1, -0.05) is 12.1 Å². The molecule has 2 aliphatic rings. The van der Waals surface area contributed by atoms with Crippen LogP contribution in [0.25, 0.3) is 0 Å². The highest BCUT2D eigenvalue weighted by atomic mass is 19.1. The first-order valence-electron chi connectivity index (χ1n) is 10.1. The zero-order valence-corrected chi connectivity index (χ0v) is 16.8. The lowest BCUT2D eigenvalue weighted by Crippen LogP contribution is -2.47. The van der Waals surface area contributed by atoms with Gasteiger partial charge in [0.15, 0.2) is 0 Å². The predicted octanol–water partition coefficient (Wildman–Crippen LogP) is 2.00. The largest absolute Gasteiger partial charge is 0.354 e. The molecule has 0 unspecified atom stereocenters. The third kappa shape index (κ3) is 4.59. The number of benzene rings is 1. The lowest BCUT2D eigenvalue weighted by Gasteiger charge is -2.37. The van der Waals surface area contributed by atoms with E-state index >= 15 is 0 Å². The lowest BCUT2D eigenvalue weighted by atomic mass is 10.2. The fourth-order valence-electron chi connectivity index (χ4n) is 3.88. The Morgan fingerprint density at radius 2 is 1.36 bits per heavy atom. The van der Waals surface area contributed by atoms with E-state index in [0.717, 1.165) is 81.9 Å². The van der Waals surface area contributed by atoms with Crippen molar-refractivity contribution >= 4 is 11.6 Å². The molecule has 6 nitrogen and oxygen atoms in total. The fraction of sp³-hybridized carbons (Fsp3) is 0.524. The summed E-state index contributed by atoms with van der Waals surface area (Å²) >= 11 is 0. The van der Waals surface area contributed by atoms with Crippen LogP contribution >= 0.6 is 0 Å². The molecular weight excluding hydrogens is 355 g/mol. The SMILES string of the molecule is Cc1nc(N2CCN(C)CC2)cc(N2CCN(Cc3ccc(F)cc3)CC2)n1. The molecule has 7 heteroatoms. The van der Waals surface area contributed by atoms with Gasteiger partial charge < -0.3 is 14.7 Å². The highest BCUT2D eigenvalue weighted by molar-refractivity contribution is 5.51. The topological polar surface area (TPSA) is 38.7 Å². The molecule has 2 fully saturated rings.